The highest BCUT2D eigenvalue weighted by atomic mass is 32.2. The zero-order valence-electron chi connectivity index (χ0n) is 10.7. The van der Waals surface area contributed by atoms with Crippen molar-refractivity contribution in [2.24, 2.45) is 5.14 Å². The number of benzene rings is 1. The minimum atomic E-state index is -4.07. The topological polar surface area (TPSA) is 86.5 Å². The third-order valence-electron chi connectivity index (χ3n) is 2.44. The molecule has 0 saturated carbocycles. The SMILES string of the molecule is CCCC(C)OC(=O)c1cc(F)cc(S(N)(=O)=O)c1. The molecule has 19 heavy (non-hydrogen) atoms. The van der Waals surface area contributed by atoms with E-state index in [-0.39, 0.29) is 11.7 Å². The zero-order chi connectivity index (χ0) is 14.6. The fourth-order valence-electron chi connectivity index (χ4n) is 1.56. The van der Waals surface area contributed by atoms with Crippen LogP contribution in [-0.2, 0) is 14.8 Å². The summed E-state index contributed by atoms with van der Waals surface area (Å²) in [5.74, 6) is -1.63. The molecule has 0 aliphatic heterocycles. The van der Waals surface area contributed by atoms with Crippen molar-refractivity contribution in [1.29, 1.82) is 0 Å². The molecule has 0 saturated heterocycles. The van der Waals surface area contributed by atoms with Crippen molar-refractivity contribution < 1.29 is 22.3 Å². The molecule has 106 valence electrons. The highest BCUT2D eigenvalue weighted by Crippen LogP contribution is 2.15. The lowest BCUT2D eigenvalue weighted by atomic mass is 10.2. The molecule has 1 aromatic rings. The van der Waals surface area contributed by atoms with E-state index < -0.39 is 26.7 Å². The Balaban J connectivity index is 3.01. The predicted molar refractivity (Wildman–Crippen MR) is 67.6 cm³/mol. The highest BCUT2D eigenvalue weighted by Gasteiger charge is 2.17. The van der Waals surface area contributed by atoms with Crippen LogP contribution in [0, 0.1) is 5.82 Å². The van der Waals surface area contributed by atoms with Crippen molar-refractivity contribution >= 4 is 16.0 Å². The summed E-state index contributed by atoms with van der Waals surface area (Å²) in [6, 6.07) is 2.66. The minimum absolute atomic E-state index is 0.174. The molecule has 1 aromatic carbocycles. The predicted octanol–water partition coefficient (Wildman–Crippen LogP) is 1.82. The normalized spacial score (nSPS) is 13.1. The number of carbonyl (C=O) groups excluding carboxylic acids is 1. The third-order valence-corrected chi connectivity index (χ3v) is 3.33. The molecule has 5 nitrogen and oxygen atoms in total. The summed E-state index contributed by atoms with van der Waals surface area (Å²) >= 11 is 0. The third kappa shape index (κ3) is 4.60. The average Bonchev–Trinajstić information content (AvgIpc) is 2.27. The fraction of sp³-hybridized carbons (Fsp3) is 0.417. The maximum atomic E-state index is 13.3. The van der Waals surface area contributed by atoms with Gasteiger partial charge in [0.15, 0.2) is 0 Å². The highest BCUT2D eigenvalue weighted by molar-refractivity contribution is 7.89. The second-order valence-corrected chi connectivity index (χ2v) is 5.79. The summed E-state index contributed by atoms with van der Waals surface area (Å²) in [6.07, 6.45) is 1.18. The molecule has 1 unspecified atom stereocenters. The number of ether oxygens (including phenoxy) is 1. The molecule has 0 fully saturated rings. The Labute approximate surface area is 111 Å². The van der Waals surface area contributed by atoms with Crippen LogP contribution in [0.3, 0.4) is 0 Å². The van der Waals surface area contributed by atoms with E-state index in [4.69, 9.17) is 9.88 Å². The van der Waals surface area contributed by atoms with E-state index in [1.807, 2.05) is 6.92 Å². The quantitative estimate of drug-likeness (QED) is 0.838. The second kappa shape index (κ2) is 6.12. The van der Waals surface area contributed by atoms with Gasteiger partial charge in [-0.2, -0.15) is 0 Å². The molecule has 0 amide bonds. The van der Waals surface area contributed by atoms with E-state index in [1.54, 1.807) is 6.92 Å². The van der Waals surface area contributed by atoms with Crippen LogP contribution in [0.1, 0.15) is 37.0 Å². The zero-order valence-corrected chi connectivity index (χ0v) is 11.5. The lowest BCUT2D eigenvalue weighted by molar-refractivity contribution is 0.0322. The van der Waals surface area contributed by atoms with Gasteiger partial charge in [-0.15, -0.1) is 0 Å². The smallest absolute Gasteiger partial charge is 0.338 e. The van der Waals surface area contributed by atoms with E-state index >= 15 is 0 Å². The number of primary sulfonamides is 1. The molecular weight excluding hydrogens is 273 g/mol. The first-order valence-corrected chi connectivity index (χ1v) is 7.33. The van der Waals surface area contributed by atoms with Crippen LogP contribution in [0.4, 0.5) is 4.39 Å². The Bertz CT molecular complexity index is 571. The molecule has 0 spiro atoms. The van der Waals surface area contributed by atoms with Gasteiger partial charge in [-0.25, -0.2) is 22.7 Å². The van der Waals surface area contributed by atoms with Crippen molar-refractivity contribution in [3.63, 3.8) is 0 Å². The van der Waals surface area contributed by atoms with Gasteiger partial charge in [0, 0.05) is 0 Å². The van der Waals surface area contributed by atoms with Crippen molar-refractivity contribution in [1.82, 2.24) is 0 Å². The van der Waals surface area contributed by atoms with Crippen molar-refractivity contribution in [3.8, 4) is 0 Å². The van der Waals surface area contributed by atoms with Crippen LogP contribution >= 0.6 is 0 Å². The monoisotopic (exact) mass is 289 g/mol. The van der Waals surface area contributed by atoms with Crippen LogP contribution in [0.25, 0.3) is 0 Å². The first-order chi connectivity index (χ1) is 8.74. The summed E-state index contributed by atoms with van der Waals surface area (Å²) in [4.78, 5) is 11.3. The molecule has 0 bridgehead atoms. The van der Waals surface area contributed by atoms with E-state index in [9.17, 15) is 17.6 Å². The van der Waals surface area contributed by atoms with E-state index in [1.165, 1.54) is 0 Å². The molecule has 7 heteroatoms. The van der Waals surface area contributed by atoms with Gasteiger partial charge >= 0.3 is 5.97 Å². The largest absolute Gasteiger partial charge is 0.459 e. The maximum absolute atomic E-state index is 13.3. The first-order valence-electron chi connectivity index (χ1n) is 5.78. The Morgan fingerprint density at radius 3 is 2.58 bits per heavy atom. The minimum Gasteiger partial charge on any atom is -0.459 e. The summed E-state index contributed by atoms with van der Waals surface area (Å²) in [6.45, 7) is 3.65. The van der Waals surface area contributed by atoms with Gasteiger partial charge in [0.1, 0.15) is 5.82 Å². The van der Waals surface area contributed by atoms with Gasteiger partial charge in [-0.05, 0) is 31.5 Å². The first kappa shape index (κ1) is 15.6. The Morgan fingerprint density at radius 1 is 1.42 bits per heavy atom. The maximum Gasteiger partial charge on any atom is 0.338 e. The molecule has 1 atom stereocenters. The Morgan fingerprint density at radius 2 is 2.05 bits per heavy atom. The average molecular weight is 289 g/mol. The lowest BCUT2D eigenvalue weighted by Crippen LogP contribution is -2.17. The summed E-state index contributed by atoms with van der Waals surface area (Å²) in [5.41, 5.74) is -0.174. The van der Waals surface area contributed by atoms with Crippen LogP contribution in [0.15, 0.2) is 23.1 Å². The number of hydrogen-bond donors (Lipinski definition) is 1. The van der Waals surface area contributed by atoms with Crippen molar-refractivity contribution in [2.45, 2.75) is 37.7 Å². The molecule has 0 aliphatic rings. The van der Waals surface area contributed by atoms with Gasteiger partial charge in [-0.1, -0.05) is 13.3 Å². The fourth-order valence-corrected chi connectivity index (χ4v) is 2.13. The van der Waals surface area contributed by atoms with Crippen LogP contribution in [0.5, 0.6) is 0 Å². The van der Waals surface area contributed by atoms with Gasteiger partial charge < -0.3 is 4.74 Å². The number of hydrogen-bond acceptors (Lipinski definition) is 4. The van der Waals surface area contributed by atoms with Crippen molar-refractivity contribution in [2.75, 3.05) is 0 Å². The molecule has 0 radical (unpaired) electrons. The summed E-state index contributed by atoms with van der Waals surface area (Å²) in [7, 11) is -4.07. The van der Waals surface area contributed by atoms with Crippen LogP contribution in [-0.4, -0.2) is 20.5 Å². The number of esters is 1. The number of rotatable bonds is 5. The molecule has 0 aromatic heterocycles. The lowest BCUT2D eigenvalue weighted by Gasteiger charge is -2.12. The molecule has 0 heterocycles. The van der Waals surface area contributed by atoms with Gasteiger partial charge in [0.05, 0.1) is 16.6 Å². The molecule has 0 aliphatic carbocycles. The number of nitrogens with two attached hydrogens (primary N) is 1. The standard InChI is InChI=1S/C12H16FNO4S/c1-3-4-8(2)18-12(15)9-5-10(13)7-11(6-9)19(14,16)17/h5-8H,3-4H2,1-2H3,(H2,14,16,17). The second-order valence-electron chi connectivity index (χ2n) is 4.23. The summed E-state index contributed by atoms with van der Waals surface area (Å²) < 4.78 is 40.6. The Kier molecular flexibility index (Phi) is 5.02. The van der Waals surface area contributed by atoms with E-state index in [0.29, 0.717) is 6.42 Å². The van der Waals surface area contributed by atoms with Gasteiger partial charge in [0.25, 0.3) is 0 Å². The molecule has 2 N–H and O–H groups in total. The van der Waals surface area contributed by atoms with E-state index in [0.717, 1.165) is 24.6 Å². The van der Waals surface area contributed by atoms with Crippen LogP contribution in [0.2, 0.25) is 0 Å². The van der Waals surface area contributed by atoms with Gasteiger partial charge in [-0.3, -0.25) is 0 Å². The van der Waals surface area contributed by atoms with Crippen LogP contribution < -0.4 is 5.14 Å². The number of halogens is 1. The molecule has 1 rings (SSSR count). The van der Waals surface area contributed by atoms with Gasteiger partial charge in [0.2, 0.25) is 10.0 Å². The molecular formula is C12H16FNO4S. The Hall–Kier alpha value is -1.47. The number of sulfonamides is 1. The summed E-state index contributed by atoms with van der Waals surface area (Å²) in [5, 5.41) is 4.90. The number of carbonyl (C=O) groups is 1. The van der Waals surface area contributed by atoms with E-state index in [2.05, 4.69) is 0 Å². The van der Waals surface area contributed by atoms with Crippen molar-refractivity contribution in [3.05, 3.63) is 29.6 Å².